The molecule has 3 heterocycles. The van der Waals surface area contributed by atoms with E-state index < -0.39 is 31.8 Å². The number of halogens is 2. The van der Waals surface area contributed by atoms with Crippen molar-refractivity contribution in [2.45, 2.75) is 99.3 Å². The molecule has 11 heteroatoms. The molecule has 5 aliphatic rings. The van der Waals surface area contributed by atoms with Crippen molar-refractivity contribution in [1.82, 2.24) is 14.9 Å². The van der Waals surface area contributed by atoms with Gasteiger partial charge in [0.25, 0.3) is 5.92 Å². The van der Waals surface area contributed by atoms with Gasteiger partial charge in [-0.05, 0) is 102 Å². The fourth-order valence-corrected chi connectivity index (χ4v) is 9.22. The molecule has 2 aliphatic heterocycles. The number of likely N-dealkylation sites (tertiary alicyclic amines) is 1. The third-order valence-corrected chi connectivity index (χ3v) is 12.6. The average Bonchev–Trinajstić information content (AvgIpc) is 3.81. The summed E-state index contributed by atoms with van der Waals surface area (Å²) in [5.74, 6) is -1.24. The molecule has 7 rings (SSSR count). The van der Waals surface area contributed by atoms with Crippen molar-refractivity contribution in [2.75, 3.05) is 23.3 Å². The van der Waals surface area contributed by atoms with Crippen molar-refractivity contribution in [2.24, 2.45) is 11.3 Å². The minimum absolute atomic E-state index is 0.00672. The van der Waals surface area contributed by atoms with E-state index in [0.29, 0.717) is 36.3 Å². The monoisotopic (exact) mass is 585 g/mol. The highest BCUT2D eigenvalue weighted by Gasteiger charge is 2.65. The number of hydrogen-bond acceptors (Lipinski definition) is 7. The molecule has 1 amide bonds. The van der Waals surface area contributed by atoms with E-state index in [0.717, 1.165) is 31.2 Å². The van der Waals surface area contributed by atoms with Gasteiger partial charge in [-0.3, -0.25) is 14.6 Å². The molecule has 1 N–H and O–H groups in total. The number of hydrogen-bond donors (Lipinski definition) is 1. The first-order valence-electron chi connectivity index (χ1n) is 14.8. The lowest BCUT2D eigenvalue weighted by Crippen LogP contribution is -2.64. The van der Waals surface area contributed by atoms with Crippen molar-refractivity contribution in [3.8, 4) is 0 Å². The van der Waals surface area contributed by atoms with E-state index in [-0.39, 0.29) is 42.3 Å². The molecule has 8 nitrogen and oxygen atoms in total. The largest absolute Gasteiger partial charge is 0.324 e. The van der Waals surface area contributed by atoms with E-state index in [2.05, 4.69) is 17.2 Å². The molecule has 1 aromatic heterocycles. The zero-order chi connectivity index (χ0) is 28.9. The number of piperidine rings is 1. The Bertz CT molecular complexity index is 1500. The standard InChI is InChI=1S/C30H37F2N5O3S/c1-18(2)36-13-12-28(30(31,32)17-36)14-23(15-28)41(39,40)22-8-6-21(7-9-22)34-27-33-16-24-25(35-27)37(19(3)20-4-5-20)26(38)29(24)10-11-29/h6-9,16,18-20,23H,4-5,10-15,17H2,1-3H3,(H,33,34,35). The van der Waals surface area contributed by atoms with Crippen LogP contribution in [0, 0.1) is 11.3 Å². The first kappa shape index (κ1) is 27.2. The van der Waals surface area contributed by atoms with E-state index >= 15 is 8.78 Å². The average molecular weight is 586 g/mol. The van der Waals surface area contributed by atoms with Crippen LogP contribution in [0.1, 0.15) is 71.3 Å². The van der Waals surface area contributed by atoms with Gasteiger partial charge >= 0.3 is 0 Å². The summed E-state index contributed by atoms with van der Waals surface area (Å²) in [4.78, 5) is 26.3. The zero-order valence-corrected chi connectivity index (χ0v) is 24.6. The first-order valence-corrected chi connectivity index (χ1v) is 16.4. The molecular formula is C30H37F2N5O3S. The van der Waals surface area contributed by atoms with Crippen molar-refractivity contribution >= 4 is 33.2 Å². The number of fused-ring (bicyclic) bond motifs is 2. The van der Waals surface area contributed by atoms with Crippen LogP contribution in [0.2, 0.25) is 0 Å². The lowest BCUT2D eigenvalue weighted by molar-refractivity contribution is -0.203. The van der Waals surface area contributed by atoms with E-state index in [4.69, 9.17) is 4.98 Å². The van der Waals surface area contributed by atoms with Gasteiger partial charge in [-0.25, -0.2) is 22.2 Å². The van der Waals surface area contributed by atoms with Gasteiger partial charge in [-0.1, -0.05) is 0 Å². The van der Waals surface area contributed by atoms with Gasteiger partial charge in [-0.2, -0.15) is 4.98 Å². The van der Waals surface area contributed by atoms with Crippen molar-refractivity contribution in [1.29, 1.82) is 0 Å². The van der Waals surface area contributed by atoms with E-state index in [1.807, 2.05) is 18.7 Å². The summed E-state index contributed by atoms with van der Waals surface area (Å²) in [6.07, 6.45) is 5.96. The number of anilines is 3. The Hall–Kier alpha value is -2.66. The maximum absolute atomic E-state index is 15.1. The zero-order valence-electron chi connectivity index (χ0n) is 23.7. The third-order valence-electron chi connectivity index (χ3n) is 10.5. The number of nitrogens with zero attached hydrogens (tertiary/aromatic N) is 4. The van der Waals surface area contributed by atoms with Crippen LogP contribution in [0.25, 0.3) is 0 Å². The van der Waals surface area contributed by atoms with Crippen molar-refractivity contribution in [3.05, 3.63) is 36.0 Å². The number of nitrogens with one attached hydrogen (secondary N) is 1. The molecule has 1 atom stereocenters. The van der Waals surface area contributed by atoms with Crippen LogP contribution in [0.5, 0.6) is 0 Å². The Morgan fingerprint density at radius 1 is 1.05 bits per heavy atom. The Labute approximate surface area is 239 Å². The molecule has 1 aromatic carbocycles. The number of aromatic nitrogens is 2. The quantitative estimate of drug-likeness (QED) is 0.485. The molecule has 3 saturated carbocycles. The predicted octanol–water partition coefficient (Wildman–Crippen LogP) is 5.07. The van der Waals surface area contributed by atoms with Crippen LogP contribution in [0.15, 0.2) is 35.4 Å². The van der Waals surface area contributed by atoms with Crippen LogP contribution in [0.3, 0.4) is 0 Å². The highest BCUT2D eigenvalue weighted by molar-refractivity contribution is 7.92. The van der Waals surface area contributed by atoms with Crippen LogP contribution in [0.4, 0.5) is 26.2 Å². The highest BCUT2D eigenvalue weighted by Crippen LogP contribution is 2.60. The highest BCUT2D eigenvalue weighted by atomic mass is 32.2. The summed E-state index contributed by atoms with van der Waals surface area (Å²) in [6.45, 7) is 6.17. The number of rotatable bonds is 7. The van der Waals surface area contributed by atoms with Crippen LogP contribution in [-0.4, -0.2) is 65.5 Å². The molecule has 41 heavy (non-hydrogen) atoms. The number of sulfone groups is 1. The smallest absolute Gasteiger partial charge is 0.266 e. The SMILES string of the molecule is CC(C)N1CCC2(CC(S(=O)(=O)c3ccc(Nc4ncc5c(n4)N(C(C)C4CC4)C(=O)C54CC4)cc3)C2)C(F)(F)C1. The second-order valence-corrected chi connectivity index (χ2v) is 15.5. The molecule has 1 saturated heterocycles. The Kier molecular flexibility index (Phi) is 5.92. The molecule has 4 fully saturated rings. The minimum Gasteiger partial charge on any atom is -0.324 e. The van der Waals surface area contributed by atoms with Crippen LogP contribution >= 0.6 is 0 Å². The molecule has 2 aromatic rings. The molecule has 2 spiro atoms. The maximum Gasteiger partial charge on any atom is 0.266 e. The third kappa shape index (κ3) is 4.12. The summed E-state index contributed by atoms with van der Waals surface area (Å²) < 4.78 is 56.9. The van der Waals surface area contributed by atoms with Crippen molar-refractivity contribution in [3.63, 3.8) is 0 Å². The molecule has 0 radical (unpaired) electrons. The Morgan fingerprint density at radius 2 is 1.73 bits per heavy atom. The van der Waals surface area contributed by atoms with Crippen molar-refractivity contribution < 1.29 is 22.0 Å². The second kappa shape index (κ2) is 8.92. The van der Waals surface area contributed by atoms with Gasteiger partial charge in [0.1, 0.15) is 5.82 Å². The summed E-state index contributed by atoms with van der Waals surface area (Å²) in [5.41, 5.74) is -0.175. The summed E-state index contributed by atoms with van der Waals surface area (Å²) in [5, 5.41) is 2.35. The van der Waals surface area contributed by atoms with E-state index in [1.54, 1.807) is 23.2 Å². The Balaban J connectivity index is 1.05. The fourth-order valence-electron chi connectivity index (χ4n) is 7.24. The van der Waals surface area contributed by atoms with Gasteiger partial charge in [-0.15, -0.1) is 0 Å². The number of amides is 1. The maximum atomic E-state index is 15.1. The molecular weight excluding hydrogens is 548 g/mol. The minimum atomic E-state index is -3.74. The van der Waals surface area contributed by atoms with Crippen LogP contribution in [-0.2, 0) is 20.0 Å². The molecule has 220 valence electrons. The normalized spacial score (nSPS) is 29.1. The number of alkyl halides is 2. The summed E-state index contributed by atoms with van der Waals surface area (Å²) in [7, 11) is -3.74. The van der Waals surface area contributed by atoms with Gasteiger partial charge in [0.15, 0.2) is 9.84 Å². The van der Waals surface area contributed by atoms with Gasteiger partial charge in [0.2, 0.25) is 11.9 Å². The number of carbonyl (C=O) groups is 1. The summed E-state index contributed by atoms with van der Waals surface area (Å²) in [6, 6.07) is 6.45. The predicted molar refractivity (Wildman–Crippen MR) is 151 cm³/mol. The van der Waals surface area contributed by atoms with E-state index in [1.165, 1.54) is 12.1 Å². The molecule has 1 unspecified atom stereocenters. The second-order valence-electron chi connectivity index (χ2n) is 13.3. The number of carbonyl (C=O) groups excluding carboxylic acids is 1. The van der Waals surface area contributed by atoms with Crippen LogP contribution < -0.4 is 10.2 Å². The first-order chi connectivity index (χ1) is 19.4. The fraction of sp³-hybridized carbons (Fsp3) is 0.633. The summed E-state index contributed by atoms with van der Waals surface area (Å²) >= 11 is 0. The molecule has 0 bridgehead atoms. The lowest BCUT2D eigenvalue weighted by atomic mass is 9.60. The van der Waals surface area contributed by atoms with E-state index in [9.17, 15) is 13.2 Å². The molecule has 3 aliphatic carbocycles. The van der Waals surface area contributed by atoms with Gasteiger partial charge in [0, 0.05) is 34.9 Å². The lowest BCUT2D eigenvalue weighted by Gasteiger charge is -2.56. The van der Waals surface area contributed by atoms with Gasteiger partial charge in [0.05, 0.1) is 22.1 Å². The topological polar surface area (TPSA) is 95.5 Å². The number of benzene rings is 1. The Morgan fingerprint density at radius 3 is 2.32 bits per heavy atom. The van der Waals surface area contributed by atoms with Gasteiger partial charge < -0.3 is 5.32 Å².